The Labute approximate surface area is 115 Å². The fourth-order valence-electron chi connectivity index (χ4n) is 1.33. The van der Waals surface area contributed by atoms with Crippen molar-refractivity contribution in [3.8, 4) is 0 Å². The fourth-order valence-corrected chi connectivity index (χ4v) is 1.33. The van der Waals surface area contributed by atoms with Crippen LogP contribution in [0.2, 0.25) is 0 Å². The van der Waals surface area contributed by atoms with E-state index in [9.17, 15) is 9.59 Å². The molecule has 0 aromatic carbocycles. The van der Waals surface area contributed by atoms with Crippen molar-refractivity contribution in [2.45, 2.75) is 45.7 Å². The van der Waals surface area contributed by atoms with Crippen LogP contribution < -0.4 is 10.6 Å². The van der Waals surface area contributed by atoms with Gasteiger partial charge in [0.1, 0.15) is 6.04 Å². The van der Waals surface area contributed by atoms with Gasteiger partial charge >= 0.3 is 12.0 Å². The summed E-state index contributed by atoms with van der Waals surface area (Å²) in [6, 6.07) is -1.30. The van der Waals surface area contributed by atoms with Gasteiger partial charge in [0, 0.05) is 12.1 Å². The molecule has 0 saturated carbocycles. The second-order valence-electron chi connectivity index (χ2n) is 5.74. The first-order chi connectivity index (χ1) is 8.61. The molecule has 19 heavy (non-hydrogen) atoms. The van der Waals surface area contributed by atoms with Crippen LogP contribution in [-0.4, -0.2) is 54.2 Å². The number of nitrogens with zero attached hydrogens (tertiary/aromatic N) is 1. The van der Waals surface area contributed by atoms with Crippen LogP contribution in [0.15, 0.2) is 0 Å². The van der Waals surface area contributed by atoms with E-state index in [1.54, 1.807) is 0 Å². The van der Waals surface area contributed by atoms with Crippen LogP contribution >= 0.6 is 0 Å². The Kier molecular flexibility index (Phi) is 6.83. The van der Waals surface area contributed by atoms with Crippen LogP contribution in [0.25, 0.3) is 0 Å². The first-order valence-corrected chi connectivity index (χ1v) is 6.56. The summed E-state index contributed by atoms with van der Waals surface area (Å²) in [7, 11) is 3.86. The summed E-state index contributed by atoms with van der Waals surface area (Å²) in [4.78, 5) is 24.8. The molecule has 0 bridgehead atoms. The number of urea groups is 1. The molecule has 0 aliphatic rings. The highest BCUT2D eigenvalue weighted by molar-refractivity contribution is 5.82. The molecule has 0 heterocycles. The summed E-state index contributed by atoms with van der Waals surface area (Å²) in [5, 5.41) is 14.3. The molecule has 6 nitrogen and oxygen atoms in total. The van der Waals surface area contributed by atoms with Crippen molar-refractivity contribution in [2.24, 2.45) is 5.92 Å². The molecule has 112 valence electrons. The monoisotopic (exact) mass is 273 g/mol. The van der Waals surface area contributed by atoms with Gasteiger partial charge in [0.15, 0.2) is 0 Å². The smallest absolute Gasteiger partial charge is 0.326 e. The van der Waals surface area contributed by atoms with E-state index in [2.05, 4.69) is 10.6 Å². The van der Waals surface area contributed by atoms with Gasteiger partial charge in [-0.25, -0.2) is 9.59 Å². The van der Waals surface area contributed by atoms with Crippen LogP contribution in [-0.2, 0) is 4.79 Å². The maximum Gasteiger partial charge on any atom is 0.326 e. The van der Waals surface area contributed by atoms with E-state index in [-0.39, 0.29) is 11.5 Å². The molecule has 2 atom stereocenters. The molecule has 0 radical (unpaired) electrons. The highest BCUT2D eigenvalue weighted by Crippen LogP contribution is 2.09. The minimum absolute atomic E-state index is 0.106. The van der Waals surface area contributed by atoms with Gasteiger partial charge in [-0.05, 0) is 33.9 Å². The van der Waals surface area contributed by atoms with Crippen LogP contribution in [0.1, 0.15) is 34.1 Å². The predicted octanol–water partition coefficient (Wildman–Crippen LogP) is 1.13. The Bertz CT molecular complexity index is 316. The number of carbonyl (C=O) groups is 2. The van der Waals surface area contributed by atoms with Gasteiger partial charge in [-0.2, -0.15) is 0 Å². The van der Waals surface area contributed by atoms with Crippen molar-refractivity contribution in [3.63, 3.8) is 0 Å². The molecule has 0 spiro atoms. The van der Waals surface area contributed by atoms with E-state index in [1.165, 1.54) is 0 Å². The lowest BCUT2D eigenvalue weighted by molar-refractivity contribution is -0.140. The van der Waals surface area contributed by atoms with E-state index in [0.29, 0.717) is 13.0 Å². The van der Waals surface area contributed by atoms with Gasteiger partial charge in [-0.3, -0.25) is 0 Å². The standard InChI is InChI=1S/C13H27N3O3/c1-7-9(2)10(11(17)18)15-12(19)14-8-13(3,4)16(5)6/h9-10H,7-8H2,1-6H3,(H,17,18)(H2,14,15,19)/t9?,10-/m0/s1. The van der Waals surface area contributed by atoms with Crippen molar-refractivity contribution in [3.05, 3.63) is 0 Å². The van der Waals surface area contributed by atoms with Crippen LogP contribution in [0.5, 0.6) is 0 Å². The Hall–Kier alpha value is -1.30. The number of carboxylic acid groups (broad SMARTS) is 1. The third kappa shape index (κ3) is 5.92. The quantitative estimate of drug-likeness (QED) is 0.649. The highest BCUT2D eigenvalue weighted by Gasteiger charge is 2.26. The van der Waals surface area contributed by atoms with Gasteiger partial charge in [-0.15, -0.1) is 0 Å². The fraction of sp³-hybridized carbons (Fsp3) is 0.846. The van der Waals surface area contributed by atoms with E-state index < -0.39 is 18.0 Å². The van der Waals surface area contributed by atoms with Gasteiger partial charge in [0.25, 0.3) is 0 Å². The van der Waals surface area contributed by atoms with E-state index in [1.807, 2.05) is 46.7 Å². The van der Waals surface area contributed by atoms with Crippen molar-refractivity contribution >= 4 is 12.0 Å². The molecule has 0 aromatic rings. The molecular weight excluding hydrogens is 246 g/mol. The average Bonchev–Trinajstić information content (AvgIpc) is 2.32. The number of nitrogens with one attached hydrogen (secondary N) is 2. The summed E-state index contributed by atoms with van der Waals surface area (Å²) in [5.74, 6) is -1.11. The molecule has 2 amide bonds. The number of aliphatic carboxylic acids is 1. The molecule has 1 unspecified atom stereocenters. The number of carbonyl (C=O) groups excluding carboxylic acids is 1. The maximum atomic E-state index is 11.7. The first-order valence-electron chi connectivity index (χ1n) is 6.56. The van der Waals surface area contributed by atoms with Gasteiger partial charge < -0.3 is 20.6 Å². The molecule has 0 aliphatic heterocycles. The number of hydrogen-bond acceptors (Lipinski definition) is 3. The molecule has 3 N–H and O–H groups in total. The Morgan fingerprint density at radius 2 is 1.84 bits per heavy atom. The zero-order valence-electron chi connectivity index (χ0n) is 12.8. The van der Waals surface area contributed by atoms with E-state index in [0.717, 1.165) is 0 Å². The van der Waals surface area contributed by atoms with Gasteiger partial charge in [0.05, 0.1) is 0 Å². The lowest BCUT2D eigenvalue weighted by atomic mass is 9.99. The van der Waals surface area contributed by atoms with Crippen LogP contribution in [0, 0.1) is 5.92 Å². The Balaban J connectivity index is 4.40. The number of carboxylic acids is 1. The molecule has 0 saturated heterocycles. The van der Waals surface area contributed by atoms with Crippen LogP contribution in [0.4, 0.5) is 4.79 Å². The third-order valence-electron chi connectivity index (χ3n) is 3.66. The molecule has 0 aromatic heterocycles. The van der Waals surface area contributed by atoms with Crippen molar-refractivity contribution < 1.29 is 14.7 Å². The van der Waals surface area contributed by atoms with Crippen molar-refractivity contribution in [1.29, 1.82) is 0 Å². The largest absolute Gasteiger partial charge is 0.480 e. The Morgan fingerprint density at radius 1 is 1.32 bits per heavy atom. The lowest BCUT2D eigenvalue weighted by Crippen LogP contribution is -2.54. The summed E-state index contributed by atoms with van der Waals surface area (Å²) in [6.45, 7) is 8.14. The third-order valence-corrected chi connectivity index (χ3v) is 3.66. The summed E-state index contributed by atoms with van der Waals surface area (Å²) >= 11 is 0. The SMILES string of the molecule is CCC(C)[C@H](NC(=O)NCC(C)(C)N(C)C)C(=O)O. The maximum absolute atomic E-state index is 11.7. The summed E-state index contributed by atoms with van der Waals surface area (Å²) in [6.07, 6.45) is 0.695. The second kappa shape index (κ2) is 7.33. The van der Waals surface area contributed by atoms with E-state index >= 15 is 0 Å². The first kappa shape index (κ1) is 17.7. The van der Waals surface area contributed by atoms with Crippen molar-refractivity contribution in [1.82, 2.24) is 15.5 Å². The van der Waals surface area contributed by atoms with Gasteiger partial charge in [0.2, 0.25) is 0 Å². The van der Waals surface area contributed by atoms with E-state index in [4.69, 9.17) is 5.11 Å². The molecular formula is C13H27N3O3. The predicted molar refractivity (Wildman–Crippen MR) is 75.2 cm³/mol. The van der Waals surface area contributed by atoms with Gasteiger partial charge in [-0.1, -0.05) is 20.3 Å². The zero-order chi connectivity index (χ0) is 15.2. The minimum atomic E-state index is -1.00. The number of amides is 2. The molecule has 0 fully saturated rings. The average molecular weight is 273 g/mol. The second-order valence-corrected chi connectivity index (χ2v) is 5.74. The number of hydrogen-bond donors (Lipinski definition) is 3. The zero-order valence-corrected chi connectivity index (χ0v) is 12.8. The number of rotatable bonds is 7. The van der Waals surface area contributed by atoms with Crippen molar-refractivity contribution in [2.75, 3.05) is 20.6 Å². The Morgan fingerprint density at radius 3 is 2.21 bits per heavy atom. The topological polar surface area (TPSA) is 81.7 Å². The lowest BCUT2D eigenvalue weighted by Gasteiger charge is -2.33. The molecule has 0 rings (SSSR count). The molecule has 6 heteroatoms. The number of likely N-dealkylation sites (N-methyl/N-ethyl adjacent to an activating group) is 1. The molecule has 0 aliphatic carbocycles. The highest BCUT2D eigenvalue weighted by atomic mass is 16.4. The summed E-state index contributed by atoms with van der Waals surface area (Å²) < 4.78 is 0. The van der Waals surface area contributed by atoms with Crippen LogP contribution in [0.3, 0.4) is 0 Å². The minimum Gasteiger partial charge on any atom is -0.480 e. The summed E-state index contributed by atoms with van der Waals surface area (Å²) in [5.41, 5.74) is -0.188. The normalized spacial score (nSPS) is 14.9.